The molecule has 0 radical (unpaired) electrons. The standard InChI is InChI=1S/C10H14BrN/c1-3-6-12-10-5-4-9(11)7-8(10)2/h4-5,7,12H,3,6H2,1-2H3. The van der Waals surface area contributed by atoms with Crippen LogP contribution in [0.25, 0.3) is 0 Å². The quantitative estimate of drug-likeness (QED) is 0.833. The molecule has 1 N–H and O–H groups in total. The number of aryl methyl sites for hydroxylation is 1. The van der Waals surface area contributed by atoms with E-state index < -0.39 is 0 Å². The Morgan fingerprint density at radius 1 is 1.42 bits per heavy atom. The van der Waals surface area contributed by atoms with E-state index in [1.165, 1.54) is 11.3 Å². The van der Waals surface area contributed by atoms with E-state index in [2.05, 4.69) is 53.3 Å². The van der Waals surface area contributed by atoms with Crippen LogP contribution in [-0.2, 0) is 0 Å². The Labute approximate surface area is 82.3 Å². The molecule has 0 unspecified atom stereocenters. The molecular weight excluding hydrogens is 214 g/mol. The highest BCUT2D eigenvalue weighted by Crippen LogP contribution is 2.19. The zero-order valence-electron chi connectivity index (χ0n) is 7.52. The monoisotopic (exact) mass is 227 g/mol. The van der Waals surface area contributed by atoms with Gasteiger partial charge in [0.15, 0.2) is 0 Å². The number of anilines is 1. The normalized spacial score (nSPS) is 9.92. The summed E-state index contributed by atoms with van der Waals surface area (Å²) in [6.45, 7) is 5.33. The lowest BCUT2D eigenvalue weighted by atomic mass is 10.2. The first-order valence-electron chi connectivity index (χ1n) is 4.24. The minimum Gasteiger partial charge on any atom is -0.385 e. The fourth-order valence-electron chi connectivity index (χ4n) is 1.09. The van der Waals surface area contributed by atoms with Crippen LogP contribution in [0.15, 0.2) is 22.7 Å². The van der Waals surface area contributed by atoms with Crippen LogP contribution < -0.4 is 5.32 Å². The predicted molar refractivity (Wildman–Crippen MR) is 57.7 cm³/mol. The van der Waals surface area contributed by atoms with E-state index in [1.54, 1.807) is 0 Å². The Hall–Kier alpha value is -0.500. The number of benzene rings is 1. The second kappa shape index (κ2) is 4.51. The van der Waals surface area contributed by atoms with Crippen molar-refractivity contribution < 1.29 is 0 Å². The van der Waals surface area contributed by atoms with E-state index in [4.69, 9.17) is 0 Å². The molecular formula is C10H14BrN. The lowest BCUT2D eigenvalue weighted by Crippen LogP contribution is -2.00. The summed E-state index contributed by atoms with van der Waals surface area (Å²) in [5, 5.41) is 3.37. The molecule has 1 aromatic carbocycles. The van der Waals surface area contributed by atoms with Gasteiger partial charge < -0.3 is 5.32 Å². The third-order valence-electron chi connectivity index (χ3n) is 1.75. The van der Waals surface area contributed by atoms with Crippen LogP contribution in [-0.4, -0.2) is 6.54 Å². The van der Waals surface area contributed by atoms with Crippen molar-refractivity contribution in [1.82, 2.24) is 0 Å². The molecule has 0 amide bonds. The minimum atomic E-state index is 1.04. The summed E-state index contributed by atoms with van der Waals surface area (Å²) < 4.78 is 1.14. The number of halogens is 1. The minimum absolute atomic E-state index is 1.04. The second-order valence-electron chi connectivity index (χ2n) is 2.89. The van der Waals surface area contributed by atoms with Crippen molar-refractivity contribution in [3.8, 4) is 0 Å². The van der Waals surface area contributed by atoms with Crippen molar-refractivity contribution in [3.63, 3.8) is 0 Å². The van der Waals surface area contributed by atoms with Crippen molar-refractivity contribution in [2.24, 2.45) is 0 Å². The third-order valence-corrected chi connectivity index (χ3v) is 2.25. The predicted octanol–water partition coefficient (Wildman–Crippen LogP) is 3.58. The molecule has 0 spiro atoms. The highest BCUT2D eigenvalue weighted by molar-refractivity contribution is 9.10. The molecule has 1 rings (SSSR count). The summed E-state index contributed by atoms with van der Waals surface area (Å²) in [5.74, 6) is 0. The molecule has 0 heterocycles. The Morgan fingerprint density at radius 3 is 2.75 bits per heavy atom. The van der Waals surface area contributed by atoms with Crippen molar-refractivity contribution in [2.75, 3.05) is 11.9 Å². The van der Waals surface area contributed by atoms with Gasteiger partial charge in [0.2, 0.25) is 0 Å². The summed E-state index contributed by atoms with van der Waals surface area (Å²) in [7, 11) is 0. The largest absolute Gasteiger partial charge is 0.385 e. The van der Waals surface area contributed by atoms with Gasteiger partial charge in [-0.25, -0.2) is 0 Å². The van der Waals surface area contributed by atoms with E-state index in [0.717, 1.165) is 17.4 Å². The Bertz CT molecular complexity index is 258. The summed E-state index contributed by atoms with van der Waals surface area (Å²) in [6.07, 6.45) is 1.16. The number of hydrogen-bond donors (Lipinski definition) is 1. The van der Waals surface area contributed by atoms with Gasteiger partial charge in [0.25, 0.3) is 0 Å². The second-order valence-corrected chi connectivity index (χ2v) is 3.80. The summed E-state index contributed by atoms with van der Waals surface area (Å²) in [4.78, 5) is 0. The fraction of sp³-hybridized carbons (Fsp3) is 0.400. The Balaban J connectivity index is 2.72. The van der Waals surface area contributed by atoms with E-state index in [-0.39, 0.29) is 0 Å². The molecule has 1 aromatic rings. The zero-order chi connectivity index (χ0) is 8.97. The summed E-state index contributed by atoms with van der Waals surface area (Å²) >= 11 is 3.44. The Kier molecular flexibility index (Phi) is 3.60. The number of rotatable bonds is 3. The molecule has 0 aliphatic heterocycles. The van der Waals surface area contributed by atoms with Crippen molar-refractivity contribution in [3.05, 3.63) is 28.2 Å². The third kappa shape index (κ3) is 2.52. The van der Waals surface area contributed by atoms with Gasteiger partial charge in [0.05, 0.1) is 0 Å². The molecule has 0 atom stereocenters. The fourth-order valence-corrected chi connectivity index (χ4v) is 1.56. The zero-order valence-corrected chi connectivity index (χ0v) is 9.11. The van der Waals surface area contributed by atoms with Crippen molar-refractivity contribution in [1.29, 1.82) is 0 Å². The first-order chi connectivity index (χ1) is 5.74. The van der Waals surface area contributed by atoms with Gasteiger partial charge in [-0.05, 0) is 37.1 Å². The molecule has 0 saturated heterocycles. The average molecular weight is 228 g/mol. The molecule has 12 heavy (non-hydrogen) atoms. The Morgan fingerprint density at radius 2 is 2.17 bits per heavy atom. The molecule has 0 aliphatic carbocycles. The van der Waals surface area contributed by atoms with Crippen LogP contribution in [0, 0.1) is 6.92 Å². The smallest absolute Gasteiger partial charge is 0.0370 e. The number of nitrogens with one attached hydrogen (secondary N) is 1. The first kappa shape index (κ1) is 9.59. The topological polar surface area (TPSA) is 12.0 Å². The van der Waals surface area contributed by atoms with Gasteiger partial charge in [-0.15, -0.1) is 0 Å². The lowest BCUT2D eigenvalue weighted by Gasteiger charge is -2.07. The van der Waals surface area contributed by atoms with Crippen LogP contribution >= 0.6 is 15.9 Å². The van der Waals surface area contributed by atoms with Gasteiger partial charge in [-0.2, -0.15) is 0 Å². The maximum absolute atomic E-state index is 3.44. The van der Waals surface area contributed by atoms with Crippen LogP contribution in [0.5, 0.6) is 0 Å². The van der Waals surface area contributed by atoms with E-state index in [0.29, 0.717) is 0 Å². The van der Waals surface area contributed by atoms with E-state index in [9.17, 15) is 0 Å². The van der Waals surface area contributed by atoms with Gasteiger partial charge in [-0.1, -0.05) is 22.9 Å². The highest BCUT2D eigenvalue weighted by Gasteiger charge is 1.96. The molecule has 0 aliphatic rings. The summed E-state index contributed by atoms with van der Waals surface area (Å²) in [6, 6.07) is 6.29. The van der Waals surface area contributed by atoms with Gasteiger partial charge in [0, 0.05) is 16.7 Å². The molecule has 2 heteroatoms. The molecule has 0 saturated carbocycles. The SMILES string of the molecule is CCCNc1ccc(Br)cc1C. The molecule has 66 valence electrons. The molecule has 0 bridgehead atoms. The maximum Gasteiger partial charge on any atom is 0.0370 e. The molecule has 0 aromatic heterocycles. The van der Waals surface area contributed by atoms with Crippen LogP contribution in [0.3, 0.4) is 0 Å². The van der Waals surface area contributed by atoms with Crippen LogP contribution in [0.1, 0.15) is 18.9 Å². The lowest BCUT2D eigenvalue weighted by molar-refractivity contribution is 0.977. The van der Waals surface area contributed by atoms with Gasteiger partial charge in [-0.3, -0.25) is 0 Å². The van der Waals surface area contributed by atoms with Crippen LogP contribution in [0.2, 0.25) is 0 Å². The van der Waals surface area contributed by atoms with Crippen molar-refractivity contribution in [2.45, 2.75) is 20.3 Å². The van der Waals surface area contributed by atoms with Crippen molar-refractivity contribution >= 4 is 21.6 Å². The average Bonchev–Trinajstić information content (AvgIpc) is 2.03. The molecule has 1 nitrogen and oxygen atoms in total. The van der Waals surface area contributed by atoms with E-state index in [1.807, 2.05) is 0 Å². The molecule has 0 fully saturated rings. The number of hydrogen-bond acceptors (Lipinski definition) is 1. The van der Waals surface area contributed by atoms with Gasteiger partial charge >= 0.3 is 0 Å². The van der Waals surface area contributed by atoms with E-state index >= 15 is 0 Å². The summed E-state index contributed by atoms with van der Waals surface area (Å²) in [5.41, 5.74) is 2.53. The maximum atomic E-state index is 3.44. The van der Waals surface area contributed by atoms with Gasteiger partial charge in [0.1, 0.15) is 0 Å². The van der Waals surface area contributed by atoms with Crippen LogP contribution in [0.4, 0.5) is 5.69 Å². The first-order valence-corrected chi connectivity index (χ1v) is 5.03. The highest BCUT2D eigenvalue weighted by atomic mass is 79.9.